The lowest BCUT2D eigenvalue weighted by molar-refractivity contribution is -0.143. The van der Waals surface area contributed by atoms with Gasteiger partial charge in [-0.2, -0.15) is 0 Å². The molecule has 3 heterocycles. The molecule has 3 aliphatic rings. The van der Waals surface area contributed by atoms with E-state index in [9.17, 15) is 9.59 Å². The Hall–Kier alpha value is -3.26. The van der Waals surface area contributed by atoms with E-state index in [1.54, 1.807) is 18.2 Å². The molecule has 0 radical (unpaired) electrons. The Bertz CT molecular complexity index is 1000. The Morgan fingerprint density at radius 2 is 1.60 bits per heavy atom. The average Bonchev–Trinajstić information content (AvgIpc) is 3.49. The number of esters is 1. The third kappa shape index (κ3) is 3.33. The van der Waals surface area contributed by atoms with E-state index in [2.05, 4.69) is 0 Å². The zero-order valence-corrected chi connectivity index (χ0v) is 16.3. The van der Waals surface area contributed by atoms with Crippen molar-refractivity contribution >= 4 is 11.8 Å². The van der Waals surface area contributed by atoms with Gasteiger partial charge in [0.2, 0.25) is 13.6 Å². The molecule has 2 aromatic rings. The van der Waals surface area contributed by atoms with Gasteiger partial charge in [0.05, 0.1) is 25.2 Å². The number of ether oxygens (including phenoxy) is 6. The van der Waals surface area contributed by atoms with Crippen LogP contribution in [-0.2, 0) is 14.3 Å². The highest BCUT2D eigenvalue weighted by molar-refractivity contribution is 5.99. The smallest absolute Gasteiger partial charge is 0.302 e. The lowest BCUT2D eigenvalue weighted by Gasteiger charge is -2.22. The van der Waals surface area contributed by atoms with Gasteiger partial charge in [-0.3, -0.25) is 9.59 Å². The highest BCUT2D eigenvalue weighted by Crippen LogP contribution is 2.44. The highest BCUT2D eigenvalue weighted by atomic mass is 16.7. The molecule has 5 rings (SSSR count). The van der Waals surface area contributed by atoms with Crippen LogP contribution in [0.3, 0.4) is 0 Å². The van der Waals surface area contributed by atoms with Gasteiger partial charge in [-0.25, -0.2) is 0 Å². The van der Waals surface area contributed by atoms with Crippen LogP contribution < -0.4 is 18.9 Å². The minimum Gasteiger partial charge on any atom is -0.465 e. The maximum Gasteiger partial charge on any atom is 0.302 e. The largest absolute Gasteiger partial charge is 0.465 e. The third-order valence-corrected chi connectivity index (χ3v) is 5.56. The lowest BCUT2D eigenvalue weighted by Crippen LogP contribution is -2.28. The van der Waals surface area contributed by atoms with Crippen molar-refractivity contribution in [1.29, 1.82) is 0 Å². The number of ketones is 1. The van der Waals surface area contributed by atoms with E-state index in [1.165, 1.54) is 6.92 Å². The van der Waals surface area contributed by atoms with Crippen LogP contribution in [0.25, 0.3) is 0 Å². The van der Waals surface area contributed by atoms with Crippen LogP contribution in [0.4, 0.5) is 0 Å². The standard InChI is InChI=1S/C22H20O8/c1-12(23)25-9-16-15(21(24)13-2-4-17-19(6-13)29-10-27-17)8-26-22(16)14-3-5-18-20(7-14)30-11-28-18/h2-7,15-16,22H,8-11H2,1H3/t15-,16-,22+/m0/s1. The Kier molecular flexibility index (Phi) is 4.71. The van der Waals surface area contributed by atoms with Crippen LogP contribution >= 0.6 is 0 Å². The van der Waals surface area contributed by atoms with E-state index < -0.39 is 18.0 Å². The predicted molar refractivity (Wildman–Crippen MR) is 102 cm³/mol. The minimum absolute atomic E-state index is 0.0788. The molecule has 2 aromatic carbocycles. The first-order chi connectivity index (χ1) is 14.6. The van der Waals surface area contributed by atoms with Gasteiger partial charge >= 0.3 is 5.97 Å². The van der Waals surface area contributed by atoms with Crippen molar-refractivity contribution in [2.75, 3.05) is 26.8 Å². The molecule has 156 valence electrons. The molecular weight excluding hydrogens is 392 g/mol. The summed E-state index contributed by atoms with van der Waals surface area (Å²) in [6.45, 7) is 1.96. The third-order valence-electron chi connectivity index (χ3n) is 5.56. The van der Waals surface area contributed by atoms with Gasteiger partial charge in [0, 0.05) is 18.4 Å². The number of Topliss-reactive ketones (excluding diaryl/α,β-unsaturated/α-hetero) is 1. The molecule has 1 fully saturated rings. The zero-order chi connectivity index (χ0) is 20.7. The van der Waals surface area contributed by atoms with E-state index in [1.807, 2.05) is 18.2 Å². The maximum atomic E-state index is 13.3. The molecule has 0 bridgehead atoms. The van der Waals surface area contributed by atoms with Crippen LogP contribution in [0.2, 0.25) is 0 Å². The molecular formula is C22H20O8. The van der Waals surface area contributed by atoms with E-state index in [0.717, 1.165) is 5.56 Å². The molecule has 3 aliphatic heterocycles. The minimum atomic E-state index is -0.472. The SMILES string of the molecule is CC(=O)OC[C@H]1[C@@H](C(=O)c2ccc3c(c2)OCO3)CO[C@@H]1c1ccc2c(c1)OCO2. The molecule has 1 saturated heterocycles. The van der Waals surface area contributed by atoms with Crippen molar-refractivity contribution in [1.82, 2.24) is 0 Å². The van der Waals surface area contributed by atoms with Crippen LogP contribution in [0, 0.1) is 11.8 Å². The second kappa shape index (κ2) is 7.53. The highest BCUT2D eigenvalue weighted by Gasteiger charge is 2.43. The van der Waals surface area contributed by atoms with Gasteiger partial charge < -0.3 is 28.4 Å². The summed E-state index contributed by atoms with van der Waals surface area (Å²) in [6.07, 6.45) is -0.415. The molecule has 8 heteroatoms. The summed E-state index contributed by atoms with van der Waals surface area (Å²) in [7, 11) is 0. The lowest BCUT2D eigenvalue weighted by atomic mass is 9.83. The van der Waals surface area contributed by atoms with E-state index in [0.29, 0.717) is 28.6 Å². The molecule has 0 aliphatic carbocycles. The number of carbonyl (C=O) groups is 2. The summed E-state index contributed by atoms with van der Waals surface area (Å²) in [5.41, 5.74) is 1.35. The van der Waals surface area contributed by atoms with Crippen molar-refractivity contribution in [2.45, 2.75) is 13.0 Å². The zero-order valence-electron chi connectivity index (χ0n) is 16.3. The monoisotopic (exact) mass is 412 g/mol. The normalized spacial score (nSPS) is 23.4. The quantitative estimate of drug-likeness (QED) is 0.547. The van der Waals surface area contributed by atoms with Crippen molar-refractivity contribution in [3.8, 4) is 23.0 Å². The van der Waals surface area contributed by atoms with Crippen molar-refractivity contribution in [2.24, 2.45) is 11.8 Å². The van der Waals surface area contributed by atoms with Crippen LogP contribution in [-0.4, -0.2) is 38.6 Å². The van der Waals surface area contributed by atoms with Gasteiger partial charge in [-0.15, -0.1) is 0 Å². The number of hydrogen-bond donors (Lipinski definition) is 0. The average molecular weight is 412 g/mol. The van der Waals surface area contributed by atoms with Crippen LogP contribution in [0.1, 0.15) is 28.9 Å². The van der Waals surface area contributed by atoms with Gasteiger partial charge in [0.25, 0.3) is 0 Å². The fourth-order valence-electron chi connectivity index (χ4n) is 4.05. The molecule has 0 spiro atoms. The number of carbonyl (C=O) groups excluding carboxylic acids is 2. The predicted octanol–water partition coefficient (Wildman–Crippen LogP) is 2.89. The molecule has 8 nitrogen and oxygen atoms in total. The van der Waals surface area contributed by atoms with Crippen LogP contribution in [0.5, 0.6) is 23.0 Å². The molecule has 30 heavy (non-hydrogen) atoms. The number of hydrogen-bond acceptors (Lipinski definition) is 8. The summed E-state index contributed by atoms with van der Waals surface area (Å²) in [6, 6.07) is 10.7. The van der Waals surface area contributed by atoms with E-state index in [4.69, 9.17) is 28.4 Å². The summed E-state index contributed by atoms with van der Waals surface area (Å²) < 4.78 is 32.9. The second-order valence-electron chi connectivity index (χ2n) is 7.37. The summed E-state index contributed by atoms with van der Waals surface area (Å²) >= 11 is 0. The van der Waals surface area contributed by atoms with Crippen molar-refractivity contribution in [3.05, 3.63) is 47.5 Å². The van der Waals surface area contributed by atoms with Gasteiger partial charge in [-0.1, -0.05) is 6.07 Å². The summed E-state index contributed by atoms with van der Waals surface area (Å²) in [5, 5.41) is 0. The van der Waals surface area contributed by atoms with Gasteiger partial charge in [0.1, 0.15) is 0 Å². The topological polar surface area (TPSA) is 89.5 Å². The first-order valence-corrected chi connectivity index (χ1v) is 9.68. The van der Waals surface area contributed by atoms with Crippen molar-refractivity contribution < 1.29 is 38.0 Å². The first-order valence-electron chi connectivity index (χ1n) is 9.68. The van der Waals surface area contributed by atoms with E-state index >= 15 is 0 Å². The maximum absolute atomic E-state index is 13.3. The fraction of sp³-hybridized carbons (Fsp3) is 0.364. The fourth-order valence-corrected chi connectivity index (χ4v) is 4.05. The molecule has 3 atom stereocenters. The summed E-state index contributed by atoms with van der Waals surface area (Å²) in [5.74, 6) is 1.16. The molecule has 0 N–H and O–H groups in total. The Morgan fingerprint density at radius 1 is 0.933 bits per heavy atom. The second-order valence-corrected chi connectivity index (χ2v) is 7.37. The van der Waals surface area contributed by atoms with E-state index in [-0.39, 0.29) is 38.5 Å². The molecule has 0 unspecified atom stereocenters. The molecule has 0 aromatic heterocycles. The summed E-state index contributed by atoms with van der Waals surface area (Å²) in [4.78, 5) is 24.8. The Balaban J connectivity index is 1.42. The Morgan fingerprint density at radius 3 is 2.33 bits per heavy atom. The van der Waals surface area contributed by atoms with Gasteiger partial charge in [-0.05, 0) is 35.9 Å². The number of fused-ring (bicyclic) bond motifs is 2. The molecule has 0 saturated carbocycles. The van der Waals surface area contributed by atoms with Crippen molar-refractivity contribution in [3.63, 3.8) is 0 Å². The number of rotatable bonds is 5. The molecule has 0 amide bonds. The van der Waals surface area contributed by atoms with Gasteiger partial charge in [0.15, 0.2) is 28.8 Å². The number of benzene rings is 2. The first kappa shape index (κ1) is 18.7. The van der Waals surface area contributed by atoms with Crippen LogP contribution in [0.15, 0.2) is 36.4 Å². The Labute approximate surface area is 172 Å².